The molecule has 1 aliphatic heterocycles. The van der Waals surface area contributed by atoms with Crippen LogP contribution < -0.4 is 5.73 Å². The van der Waals surface area contributed by atoms with Crippen molar-refractivity contribution < 1.29 is 19.1 Å². The van der Waals surface area contributed by atoms with Crippen molar-refractivity contribution in [2.75, 3.05) is 6.61 Å². The third-order valence-corrected chi connectivity index (χ3v) is 6.37. The molecule has 0 aromatic carbocycles. The highest BCUT2D eigenvalue weighted by Crippen LogP contribution is 2.42. The third kappa shape index (κ3) is 4.13. The Morgan fingerprint density at radius 2 is 2.11 bits per heavy atom. The van der Waals surface area contributed by atoms with E-state index in [9.17, 15) is 9.59 Å². The number of Topliss-reactive ketones (excluding diaryl/α,β-unsaturated/α-hetero) is 1. The lowest BCUT2D eigenvalue weighted by atomic mass is 9.73. The Labute approximate surface area is 162 Å². The van der Waals surface area contributed by atoms with Gasteiger partial charge in [-0.05, 0) is 38.5 Å². The lowest BCUT2D eigenvalue weighted by Crippen LogP contribution is -2.45. The quantitative estimate of drug-likeness (QED) is 0.599. The maximum atomic E-state index is 13.4. The van der Waals surface area contributed by atoms with Crippen molar-refractivity contribution in [2.24, 2.45) is 23.5 Å². The minimum atomic E-state index is -0.483. The average Bonchev–Trinajstić information content (AvgIpc) is 2.65. The lowest BCUT2D eigenvalue weighted by molar-refractivity contribution is -0.149. The van der Waals surface area contributed by atoms with Gasteiger partial charge in [0.1, 0.15) is 11.9 Å². The fourth-order valence-electron chi connectivity index (χ4n) is 4.69. The third-order valence-electron chi connectivity index (χ3n) is 6.37. The van der Waals surface area contributed by atoms with Crippen LogP contribution in [0.4, 0.5) is 0 Å². The van der Waals surface area contributed by atoms with Gasteiger partial charge in [0.05, 0.1) is 18.4 Å². The van der Waals surface area contributed by atoms with Gasteiger partial charge >= 0.3 is 5.97 Å². The van der Waals surface area contributed by atoms with Crippen LogP contribution in [0.25, 0.3) is 0 Å². The van der Waals surface area contributed by atoms with Gasteiger partial charge in [0, 0.05) is 24.5 Å². The lowest BCUT2D eigenvalue weighted by Gasteiger charge is -2.40. The Bertz CT molecular complexity index is 651. The molecule has 0 bridgehead atoms. The minimum absolute atomic E-state index is 0.0543. The molecule has 0 saturated carbocycles. The normalized spacial score (nSPS) is 33.9. The molecule has 5 heteroatoms. The van der Waals surface area contributed by atoms with E-state index in [0.717, 1.165) is 44.3 Å². The van der Waals surface area contributed by atoms with Crippen LogP contribution in [0, 0.1) is 17.8 Å². The fourth-order valence-corrected chi connectivity index (χ4v) is 4.69. The minimum Gasteiger partial charge on any atom is -0.493 e. The van der Waals surface area contributed by atoms with E-state index in [0.29, 0.717) is 18.6 Å². The molecule has 0 fully saturated rings. The highest BCUT2D eigenvalue weighted by atomic mass is 16.5. The summed E-state index contributed by atoms with van der Waals surface area (Å²) in [5, 5.41) is 0. The summed E-state index contributed by atoms with van der Waals surface area (Å²) in [6.07, 6.45) is 7.79. The SMILES string of the molecule is CCCC1=CCC2OC3=C(C[C@H](C(=O)OCC)C(N)[C@H](C)CC3)C(=O)C2C1. The van der Waals surface area contributed by atoms with Gasteiger partial charge in [-0.15, -0.1) is 0 Å². The van der Waals surface area contributed by atoms with Crippen LogP contribution in [-0.4, -0.2) is 30.5 Å². The van der Waals surface area contributed by atoms with Crippen molar-refractivity contribution in [1.29, 1.82) is 0 Å². The van der Waals surface area contributed by atoms with Crippen LogP contribution in [0.5, 0.6) is 0 Å². The van der Waals surface area contributed by atoms with Gasteiger partial charge in [0.2, 0.25) is 0 Å². The summed E-state index contributed by atoms with van der Waals surface area (Å²) >= 11 is 0. The molecule has 5 atom stereocenters. The number of allylic oxidation sites excluding steroid dienone is 3. The number of hydrogen-bond donors (Lipinski definition) is 1. The van der Waals surface area contributed by atoms with Gasteiger partial charge in [-0.1, -0.05) is 31.9 Å². The maximum Gasteiger partial charge on any atom is 0.310 e. The smallest absolute Gasteiger partial charge is 0.310 e. The van der Waals surface area contributed by atoms with Gasteiger partial charge in [-0.25, -0.2) is 0 Å². The molecule has 3 unspecified atom stereocenters. The van der Waals surface area contributed by atoms with E-state index in [1.165, 1.54) is 5.57 Å². The first-order valence-electron chi connectivity index (χ1n) is 10.5. The summed E-state index contributed by atoms with van der Waals surface area (Å²) in [5.74, 6) is 0.235. The van der Waals surface area contributed by atoms with Gasteiger partial charge in [-0.3, -0.25) is 9.59 Å². The number of hydrogen-bond acceptors (Lipinski definition) is 5. The fraction of sp³-hybridized carbons (Fsp3) is 0.727. The zero-order valence-corrected chi connectivity index (χ0v) is 16.8. The van der Waals surface area contributed by atoms with Gasteiger partial charge < -0.3 is 15.2 Å². The molecule has 5 nitrogen and oxygen atoms in total. The van der Waals surface area contributed by atoms with E-state index in [-0.39, 0.29) is 35.7 Å². The molecule has 27 heavy (non-hydrogen) atoms. The van der Waals surface area contributed by atoms with Gasteiger partial charge in [-0.2, -0.15) is 0 Å². The van der Waals surface area contributed by atoms with Crippen molar-refractivity contribution in [3.05, 3.63) is 23.0 Å². The largest absolute Gasteiger partial charge is 0.493 e. The molecule has 0 aromatic rings. The molecule has 1 heterocycles. The first kappa shape index (κ1) is 20.1. The molecule has 0 saturated heterocycles. The van der Waals surface area contributed by atoms with Crippen LogP contribution in [0.1, 0.15) is 65.7 Å². The Morgan fingerprint density at radius 3 is 2.81 bits per heavy atom. The molecule has 3 rings (SSSR count). The molecule has 3 aliphatic rings. The molecular weight excluding hydrogens is 342 g/mol. The Balaban J connectivity index is 1.87. The topological polar surface area (TPSA) is 78.6 Å². The highest BCUT2D eigenvalue weighted by molar-refractivity contribution is 5.99. The Hall–Kier alpha value is -1.62. The van der Waals surface area contributed by atoms with Crippen molar-refractivity contribution in [2.45, 2.75) is 77.9 Å². The molecule has 0 radical (unpaired) electrons. The van der Waals surface area contributed by atoms with E-state index in [2.05, 4.69) is 19.9 Å². The zero-order chi connectivity index (χ0) is 19.6. The van der Waals surface area contributed by atoms with E-state index in [1.807, 2.05) is 0 Å². The van der Waals surface area contributed by atoms with E-state index in [1.54, 1.807) is 6.92 Å². The van der Waals surface area contributed by atoms with Gasteiger partial charge in [0.15, 0.2) is 5.78 Å². The second kappa shape index (κ2) is 8.59. The molecule has 2 aliphatic carbocycles. The van der Waals surface area contributed by atoms with Crippen LogP contribution in [-0.2, 0) is 19.1 Å². The van der Waals surface area contributed by atoms with Gasteiger partial charge in [0.25, 0.3) is 0 Å². The summed E-state index contributed by atoms with van der Waals surface area (Å²) in [5.41, 5.74) is 8.45. The van der Waals surface area contributed by atoms with Crippen molar-refractivity contribution in [3.8, 4) is 0 Å². The number of rotatable bonds is 4. The number of fused-ring (bicyclic) bond motifs is 1. The molecule has 0 spiro atoms. The summed E-state index contributed by atoms with van der Waals surface area (Å²) in [6, 6.07) is -0.300. The van der Waals surface area contributed by atoms with Crippen LogP contribution >= 0.6 is 0 Å². The Kier molecular flexibility index (Phi) is 6.40. The second-order valence-electron chi connectivity index (χ2n) is 8.24. The van der Waals surface area contributed by atoms with E-state index >= 15 is 0 Å². The van der Waals surface area contributed by atoms with Crippen LogP contribution in [0.2, 0.25) is 0 Å². The summed E-state index contributed by atoms with van der Waals surface area (Å²) in [4.78, 5) is 25.9. The summed E-state index contributed by atoms with van der Waals surface area (Å²) in [7, 11) is 0. The predicted molar refractivity (Wildman–Crippen MR) is 104 cm³/mol. The molecular formula is C22H33NO4. The molecule has 0 aromatic heterocycles. The maximum absolute atomic E-state index is 13.4. The monoisotopic (exact) mass is 375 g/mol. The van der Waals surface area contributed by atoms with E-state index < -0.39 is 5.92 Å². The summed E-state index contributed by atoms with van der Waals surface area (Å²) in [6.45, 7) is 6.34. The number of nitrogens with two attached hydrogens (primary N) is 1. The summed E-state index contributed by atoms with van der Waals surface area (Å²) < 4.78 is 11.6. The first-order valence-corrected chi connectivity index (χ1v) is 10.5. The standard InChI is InChI=1S/C22H33NO4/c1-4-6-14-8-10-19-15(11-14)21(24)16-12-17(22(25)26-5-2)20(23)13(3)7-9-18(16)27-19/h8,13,15,17,19-20H,4-7,9-12,23H2,1-3H3/t13-,15?,17+,19?,20?/m1/s1. The predicted octanol–water partition coefficient (Wildman–Crippen LogP) is 3.67. The Morgan fingerprint density at radius 1 is 1.33 bits per heavy atom. The number of carbonyl (C=O) groups excluding carboxylic acids is 2. The molecule has 150 valence electrons. The average molecular weight is 376 g/mol. The first-order chi connectivity index (χ1) is 13.0. The number of ether oxygens (including phenoxy) is 2. The molecule has 0 amide bonds. The van der Waals surface area contributed by atoms with Crippen LogP contribution in [0.3, 0.4) is 0 Å². The van der Waals surface area contributed by atoms with E-state index in [4.69, 9.17) is 15.2 Å². The second-order valence-corrected chi connectivity index (χ2v) is 8.24. The zero-order valence-electron chi connectivity index (χ0n) is 16.8. The number of carbonyl (C=O) groups is 2. The van der Waals surface area contributed by atoms with Crippen molar-refractivity contribution >= 4 is 11.8 Å². The highest BCUT2D eigenvalue weighted by Gasteiger charge is 2.44. The number of esters is 1. The molecule has 2 N–H and O–H groups in total. The number of ketones is 1. The van der Waals surface area contributed by atoms with Crippen molar-refractivity contribution in [1.82, 2.24) is 0 Å². The van der Waals surface area contributed by atoms with Crippen LogP contribution in [0.15, 0.2) is 23.0 Å². The van der Waals surface area contributed by atoms with Crippen molar-refractivity contribution in [3.63, 3.8) is 0 Å².